The van der Waals surface area contributed by atoms with E-state index in [2.05, 4.69) is 6.58 Å². The number of carbonyl (C=O) groups excluding carboxylic acids is 1. The SMILES string of the molecule is C=C[C@@H](OCc1ccc(OC)cc1)[C@]1([C@H]2[C@H]3O[C@]2(C(C)=O)[C@H](OCOC)[C@H]2CC[C@@](O)([C@H]3O)C2(C)C)COC(C)(C)O1. The fourth-order valence-electron chi connectivity index (χ4n) is 8.15. The lowest BCUT2D eigenvalue weighted by atomic mass is 9.52. The van der Waals surface area contributed by atoms with Gasteiger partial charge in [-0.25, -0.2) is 0 Å². The number of ketones is 1. The van der Waals surface area contributed by atoms with Crippen molar-refractivity contribution in [3.8, 4) is 5.75 Å². The monoisotopic (exact) mass is 590 g/mol. The maximum Gasteiger partial charge on any atom is 0.164 e. The van der Waals surface area contributed by atoms with E-state index in [1.165, 1.54) is 14.0 Å². The Morgan fingerprint density at radius 2 is 1.88 bits per heavy atom. The average molecular weight is 591 g/mol. The summed E-state index contributed by atoms with van der Waals surface area (Å²) >= 11 is 0. The first-order valence-electron chi connectivity index (χ1n) is 14.6. The third kappa shape index (κ3) is 4.49. The van der Waals surface area contributed by atoms with E-state index in [9.17, 15) is 15.0 Å². The molecule has 2 saturated carbocycles. The summed E-state index contributed by atoms with van der Waals surface area (Å²) in [5, 5.41) is 24.0. The van der Waals surface area contributed by atoms with Gasteiger partial charge in [0.05, 0.1) is 37.9 Å². The summed E-state index contributed by atoms with van der Waals surface area (Å²) in [5.74, 6) is -1.74. The minimum atomic E-state index is -1.54. The highest BCUT2D eigenvalue weighted by Gasteiger charge is 2.81. The van der Waals surface area contributed by atoms with Gasteiger partial charge in [-0.15, -0.1) is 6.58 Å². The van der Waals surface area contributed by atoms with E-state index < -0.39 is 58.3 Å². The van der Waals surface area contributed by atoms with Crippen LogP contribution in [0.3, 0.4) is 0 Å². The molecule has 3 heterocycles. The van der Waals surface area contributed by atoms with Crippen molar-refractivity contribution in [3.05, 3.63) is 42.5 Å². The predicted molar refractivity (Wildman–Crippen MR) is 152 cm³/mol. The van der Waals surface area contributed by atoms with Gasteiger partial charge in [-0.2, -0.15) is 0 Å². The first kappa shape index (κ1) is 31.5. The van der Waals surface area contributed by atoms with E-state index in [1.807, 2.05) is 38.1 Å². The lowest BCUT2D eigenvalue weighted by Crippen LogP contribution is -2.84. The van der Waals surface area contributed by atoms with Crippen LogP contribution in [0.1, 0.15) is 53.0 Å². The largest absolute Gasteiger partial charge is 0.497 e. The molecule has 5 fully saturated rings. The molecule has 4 bridgehead atoms. The second-order valence-electron chi connectivity index (χ2n) is 13.2. The number of rotatable bonds is 11. The molecule has 3 saturated heterocycles. The Bertz CT molecular complexity index is 1170. The van der Waals surface area contributed by atoms with Gasteiger partial charge in [-0.3, -0.25) is 4.79 Å². The molecule has 2 aliphatic carbocycles. The van der Waals surface area contributed by atoms with Crippen molar-refractivity contribution in [1.82, 2.24) is 0 Å². The quantitative estimate of drug-likeness (QED) is 0.294. The number of hydrogen-bond acceptors (Lipinski definition) is 10. The van der Waals surface area contributed by atoms with Crippen molar-refractivity contribution in [2.75, 3.05) is 27.6 Å². The smallest absolute Gasteiger partial charge is 0.164 e. The molecule has 234 valence electrons. The number of carbonyl (C=O) groups is 1. The Labute approximate surface area is 248 Å². The highest BCUT2D eigenvalue weighted by Crippen LogP contribution is 2.66. The Balaban J connectivity index is 1.62. The first-order chi connectivity index (χ1) is 19.7. The van der Waals surface area contributed by atoms with Crippen LogP contribution in [0.25, 0.3) is 0 Å². The fraction of sp³-hybridized carbons (Fsp3) is 0.719. The molecule has 42 heavy (non-hydrogen) atoms. The molecule has 1 aromatic rings. The number of benzene rings is 1. The summed E-state index contributed by atoms with van der Waals surface area (Å²) in [4.78, 5) is 13.9. The van der Waals surface area contributed by atoms with Crippen LogP contribution in [0.4, 0.5) is 0 Å². The van der Waals surface area contributed by atoms with Gasteiger partial charge in [0.1, 0.15) is 36.5 Å². The van der Waals surface area contributed by atoms with E-state index in [4.69, 9.17) is 33.2 Å². The number of aliphatic hydroxyl groups excluding tert-OH is 1. The summed E-state index contributed by atoms with van der Waals surface area (Å²) in [6.45, 7) is 13.2. The van der Waals surface area contributed by atoms with Gasteiger partial charge in [-0.05, 0) is 57.2 Å². The molecule has 6 rings (SSSR count). The molecule has 0 radical (unpaired) electrons. The minimum Gasteiger partial charge on any atom is -0.497 e. The maximum absolute atomic E-state index is 13.9. The molecular weight excluding hydrogens is 544 g/mol. The molecule has 1 aromatic carbocycles. The topological polar surface area (TPSA) is 122 Å². The Kier molecular flexibility index (Phi) is 8.20. The van der Waals surface area contributed by atoms with Crippen LogP contribution < -0.4 is 4.74 Å². The van der Waals surface area contributed by atoms with Crippen molar-refractivity contribution < 1.29 is 48.2 Å². The van der Waals surface area contributed by atoms with Crippen LogP contribution in [0.5, 0.6) is 5.75 Å². The second-order valence-corrected chi connectivity index (χ2v) is 13.2. The highest BCUT2D eigenvalue weighted by atomic mass is 16.8. The number of ether oxygens (including phenoxy) is 7. The van der Waals surface area contributed by atoms with E-state index in [-0.39, 0.29) is 31.7 Å². The van der Waals surface area contributed by atoms with Crippen molar-refractivity contribution in [1.29, 1.82) is 0 Å². The summed E-state index contributed by atoms with van der Waals surface area (Å²) < 4.78 is 42.9. The number of methoxy groups -OCH3 is 2. The molecule has 10 nitrogen and oxygen atoms in total. The van der Waals surface area contributed by atoms with E-state index >= 15 is 0 Å². The fourth-order valence-corrected chi connectivity index (χ4v) is 8.15. The minimum absolute atomic E-state index is 0.0368. The summed E-state index contributed by atoms with van der Waals surface area (Å²) in [6.07, 6.45) is -1.37. The Hall–Kier alpha value is -1.89. The maximum atomic E-state index is 13.9. The third-order valence-electron chi connectivity index (χ3n) is 10.4. The summed E-state index contributed by atoms with van der Waals surface area (Å²) in [6, 6.07) is 7.51. The first-order valence-corrected chi connectivity index (χ1v) is 14.6. The van der Waals surface area contributed by atoms with Crippen molar-refractivity contribution >= 4 is 5.78 Å². The number of Topliss-reactive ketones (excluding diaryl/α,β-unsaturated/α-hetero) is 1. The van der Waals surface area contributed by atoms with E-state index in [1.54, 1.807) is 27.0 Å². The zero-order chi connectivity index (χ0) is 30.7. The molecule has 3 aliphatic heterocycles. The third-order valence-corrected chi connectivity index (χ3v) is 10.4. The van der Waals surface area contributed by atoms with Gasteiger partial charge >= 0.3 is 0 Å². The van der Waals surface area contributed by atoms with Gasteiger partial charge in [0.25, 0.3) is 0 Å². The van der Waals surface area contributed by atoms with Gasteiger partial charge in [0.15, 0.2) is 17.2 Å². The zero-order valence-electron chi connectivity index (χ0n) is 25.8. The Morgan fingerprint density at radius 3 is 2.43 bits per heavy atom. The molecular formula is C32H46O10. The molecule has 10 heteroatoms. The van der Waals surface area contributed by atoms with Gasteiger partial charge in [0.2, 0.25) is 0 Å². The van der Waals surface area contributed by atoms with E-state index in [0.717, 1.165) is 11.3 Å². The standard InChI is InChI=1S/C32H46O10/c1-9-23(38-16-20-10-12-21(37-8)13-11-20)30(17-40-29(5,6)42-30)25-24-26(34)31(35)15-14-22(28(31,3)4)27(39-18-36-7)32(25,41-24)19(2)33/h9-13,22-27,34-35H,1,14-18H2,2-8H3/t22-,23-,24-,25-,26+,27-,30+,31-,32+/m1/s1. The van der Waals surface area contributed by atoms with Crippen LogP contribution in [0.2, 0.25) is 0 Å². The highest BCUT2D eigenvalue weighted by molar-refractivity contribution is 5.88. The molecule has 9 atom stereocenters. The lowest BCUT2D eigenvalue weighted by Gasteiger charge is -2.67. The van der Waals surface area contributed by atoms with Crippen LogP contribution in [-0.2, 0) is 39.8 Å². The van der Waals surface area contributed by atoms with Crippen LogP contribution in [0, 0.1) is 17.3 Å². The summed E-state index contributed by atoms with van der Waals surface area (Å²) in [5.41, 5.74) is -4.25. The summed E-state index contributed by atoms with van der Waals surface area (Å²) in [7, 11) is 3.13. The molecule has 0 unspecified atom stereocenters. The van der Waals surface area contributed by atoms with Crippen LogP contribution >= 0.6 is 0 Å². The van der Waals surface area contributed by atoms with Gasteiger partial charge in [-0.1, -0.05) is 32.1 Å². The van der Waals surface area contributed by atoms with E-state index in [0.29, 0.717) is 12.8 Å². The van der Waals surface area contributed by atoms with Crippen molar-refractivity contribution in [2.45, 2.75) is 101 Å². The van der Waals surface area contributed by atoms with Gasteiger partial charge in [0, 0.05) is 12.5 Å². The second kappa shape index (κ2) is 10.9. The molecule has 5 aliphatic rings. The van der Waals surface area contributed by atoms with Gasteiger partial charge < -0.3 is 43.4 Å². The number of hydrogen-bond donors (Lipinski definition) is 2. The number of aliphatic hydroxyl groups is 2. The predicted octanol–water partition coefficient (Wildman–Crippen LogP) is 3.16. The molecule has 0 spiro atoms. The molecule has 0 aromatic heterocycles. The molecule has 2 N–H and O–H groups in total. The average Bonchev–Trinajstić information content (AvgIpc) is 3.39. The van der Waals surface area contributed by atoms with Crippen LogP contribution in [0.15, 0.2) is 36.9 Å². The van der Waals surface area contributed by atoms with Crippen molar-refractivity contribution in [3.63, 3.8) is 0 Å². The molecule has 0 amide bonds. The van der Waals surface area contributed by atoms with Crippen molar-refractivity contribution in [2.24, 2.45) is 17.3 Å². The normalized spacial score (nSPS) is 40.5. The van der Waals surface area contributed by atoms with Crippen LogP contribution in [-0.4, -0.2) is 90.6 Å². The zero-order valence-corrected chi connectivity index (χ0v) is 25.8. The lowest BCUT2D eigenvalue weighted by molar-refractivity contribution is -0.392. The Morgan fingerprint density at radius 1 is 1.19 bits per heavy atom.